The second kappa shape index (κ2) is 5.08. The van der Waals surface area contributed by atoms with E-state index in [-0.39, 0.29) is 11.4 Å². The number of nitrogens with two attached hydrogens (primary N) is 1. The second-order valence-corrected chi connectivity index (χ2v) is 5.48. The molecular formula is C14H21N3O. The fraction of sp³-hybridized carbons (Fsp3) is 0.500. The minimum Gasteiger partial charge on any atom is -0.366 e. The lowest BCUT2D eigenvalue weighted by Gasteiger charge is -2.43. The Labute approximate surface area is 108 Å². The molecule has 1 aliphatic heterocycles. The monoisotopic (exact) mass is 247 g/mol. The van der Waals surface area contributed by atoms with Crippen LogP contribution < -0.4 is 11.1 Å². The van der Waals surface area contributed by atoms with Gasteiger partial charge in [-0.1, -0.05) is 12.1 Å². The molecule has 0 saturated carbocycles. The molecule has 1 aromatic carbocycles. The summed E-state index contributed by atoms with van der Waals surface area (Å²) in [6, 6.07) is 7.59. The van der Waals surface area contributed by atoms with E-state index in [2.05, 4.69) is 24.1 Å². The first-order valence-corrected chi connectivity index (χ1v) is 6.33. The third-order valence-corrected chi connectivity index (χ3v) is 3.56. The molecule has 0 spiro atoms. The van der Waals surface area contributed by atoms with Crippen LogP contribution in [-0.4, -0.2) is 36.0 Å². The van der Waals surface area contributed by atoms with E-state index in [0.717, 1.165) is 31.7 Å². The third kappa shape index (κ3) is 2.89. The van der Waals surface area contributed by atoms with Crippen LogP contribution in [0.5, 0.6) is 0 Å². The Balaban J connectivity index is 2.13. The van der Waals surface area contributed by atoms with Crippen molar-refractivity contribution in [1.82, 2.24) is 10.2 Å². The zero-order chi connectivity index (χ0) is 13.2. The lowest BCUT2D eigenvalue weighted by atomic mass is 9.99. The molecule has 18 heavy (non-hydrogen) atoms. The Bertz CT molecular complexity index is 442. The average molecular weight is 247 g/mol. The summed E-state index contributed by atoms with van der Waals surface area (Å²) in [6.07, 6.45) is 0. The summed E-state index contributed by atoms with van der Waals surface area (Å²) in [7, 11) is 0. The van der Waals surface area contributed by atoms with Crippen molar-refractivity contribution in [2.75, 3.05) is 19.6 Å². The van der Waals surface area contributed by atoms with Crippen molar-refractivity contribution < 1.29 is 4.79 Å². The van der Waals surface area contributed by atoms with Gasteiger partial charge in [-0.2, -0.15) is 0 Å². The van der Waals surface area contributed by atoms with Crippen molar-refractivity contribution in [2.24, 2.45) is 5.73 Å². The van der Waals surface area contributed by atoms with Gasteiger partial charge in [0.15, 0.2) is 0 Å². The van der Waals surface area contributed by atoms with Gasteiger partial charge in [0.1, 0.15) is 0 Å². The van der Waals surface area contributed by atoms with Gasteiger partial charge in [-0.15, -0.1) is 0 Å². The molecule has 0 atom stereocenters. The van der Waals surface area contributed by atoms with Crippen molar-refractivity contribution in [1.29, 1.82) is 0 Å². The molecule has 0 aromatic heterocycles. The number of piperazine rings is 1. The first-order chi connectivity index (χ1) is 8.49. The lowest BCUT2D eigenvalue weighted by Crippen LogP contribution is -2.57. The van der Waals surface area contributed by atoms with E-state index in [1.807, 2.05) is 18.2 Å². The van der Waals surface area contributed by atoms with Crippen LogP contribution in [0.25, 0.3) is 0 Å². The lowest BCUT2D eigenvalue weighted by molar-refractivity contribution is 0.0827. The molecule has 0 radical (unpaired) electrons. The SMILES string of the molecule is CC1(C)CNCCN1Cc1cccc(C(N)=O)c1. The van der Waals surface area contributed by atoms with E-state index in [1.54, 1.807) is 6.07 Å². The van der Waals surface area contributed by atoms with Crippen LogP contribution in [0.15, 0.2) is 24.3 Å². The van der Waals surface area contributed by atoms with Gasteiger partial charge >= 0.3 is 0 Å². The Morgan fingerprint density at radius 2 is 2.28 bits per heavy atom. The summed E-state index contributed by atoms with van der Waals surface area (Å²) >= 11 is 0. The Morgan fingerprint density at radius 1 is 1.50 bits per heavy atom. The zero-order valence-corrected chi connectivity index (χ0v) is 11.1. The van der Waals surface area contributed by atoms with Gasteiger partial charge in [0, 0.05) is 37.3 Å². The number of nitrogens with zero attached hydrogens (tertiary/aromatic N) is 1. The van der Waals surface area contributed by atoms with Gasteiger partial charge in [-0.25, -0.2) is 0 Å². The maximum absolute atomic E-state index is 11.2. The highest BCUT2D eigenvalue weighted by atomic mass is 16.1. The van der Waals surface area contributed by atoms with Gasteiger partial charge in [-0.3, -0.25) is 9.69 Å². The van der Waals surface area contributed by atoms with Gasteiger partial charge in [0.2, 0.25) is 5.91 Å². The van der Waals surface area contributed by atoms with Gasteiger partial charge in [0.05, 0.1) is 0 Å². The van der Waals surface area contributed by atoms with Crippen molar-refractivity contribution >= 4 is 5.91 Å². The molecule has 1 saturated heterocycles. The van der Waals surface area contributed by atoms with Gasteiger partial charge in [0.25, 0.3) is 0 Å². The maximum Gasteiger partial charge on any atom is 0.248 e. The van der Waals surface area contributed by atoms with E-state index in [4.69, 9.17) is 5.73 Å². The molecule has 1 amide bonds. The smallest absolute Gasteiger partial charge is 0.248 e. The molecule has 0 bridgehead atoms. The van der Waals surface area contributed by atoms with Crippen LogP contribution in [0.2, 0.25) is 0 Å². The van der Waals surface area contributed by atoms with Crippen molar-refractivity contribution in [3.63, 3.8) is 0 Å². The quantitative estimate of drug-likeness (QED) is 0.836. The molecule has 1 aromatic rings. The zero-order valence-electron chi connectivity index (χ0n) is 11.1. The predicted octanol–water partition coefficient (Wildman–Crippen LogP) is 0.969. The van der Waals surface area contributed by atoms with E-state index >= 15 is 0 Å². The van der Waals surface area contributed by atoms with Crippen molar-refractivity contribution in [2.45, 2.75) is 25.9 Å². The maximum atomic E-state index is 11.2. The number of rotatable bonds is 3. The highest BCUT2D eigenvalue weighted by Gasteiger charge is 2.29. The first kappa shape index (κ1) is 13.1. The topological polar surface area (TPSA) is 58.4 Å². The molecule has 1 aliphatic rings. The summed E-state index contributed by atoms with van der Waals surface area (Å²) in [6.45, 7) is 8.35. The number of carbonyl (C=O) groups excluding carboxylic acids is 1. The molecule has 0 unspecified atom stereocenters. The summed E-state index contributed by atoms with van der Waals surface area (Å²) in [5.41, 5.74) is 7.17. The number of carbonyl (C=O) groups is 1. The molecular weight excluding hydrogens is 226 g/mol. The number of amides is 1. The standard InChI is InChI=1S/C14H21N3O/c1-14(2)10-16-6-7-17(14)9-11-4-3-5-12(8-11)13(15)18/h3-5,8,16H,6-7,9-10H2,1-2H3,(H2,15,18). The molecule has 1 fully saturated rings. The molecule has 4 nitrogen and oxygen atoms in total. The molecule has 3 N–H and O–H groups in total. The first-order valence-electron chi connectivity index (χ1n) is 6.33. The molecule has 2 rings (SSSR count). The summed E-state index contributed by atoms with van der Waals surface area (Å²) in [4.78, 5) is 13.6. The number of benzene rings is 1. The predicted molar refractivity (Wildman–Crippen MR) is 72.3 cm³/mol. The molecule has 4 heteroatoms. The van der Waals surface area contributed by atoms with Gasteiger partial charge in [-0.05, 0) is 31.5 Å². The Hall–Kier alpha value is -1.39. The average Bonchev–Trinajstić information content (AvgIpc) is 2.32. The number of hydrogen-bond donors (Lipinski definition) is 2. The number of hydrogen-bond acceptors (Lipinski definition) is 3. The molecule has 1 heterocycles. The van der Waals surface area contributed by atoms with Crippen LogP contribution in [-0.2, 0) is 6.54 Å². The summed E-state index contributed by atoms with van der Waals surface area (Å²) < 4.78 is 0. The van der Waals surface area contributed by atoms with Crippen LogP contribution in [0.1, 0.15) is 29.8 Å². The van der Waals surface area contributed by atoms with E-state index in [1.165, 1.54) is 0 Å². The van der Waals surface area contributed by atoms with Crippen LogP contribution in [0, 0.1) is 0 Å². The number of nitrogens with one attached hydrogen (secondary N) is 1. The third-order valence-electron chi connectivity index (χ3n) is 3.56. The fourth-order valence-electron chi connectivity index (χ4n) is 2.36. The largest absolute Gasteiger partial charge is 0.366 e. The molecule has 98 valence electrons. The summed E-state index contributed by atoms with van der Waals surface area (Å²) in [5.74, 6) is -0.364. The molecule has 0 aliphatic carbocycles. The minimum atomic E-state index is -0.364. The van der Waals surface area contributed by atoms with Gasteiger partial charge < -0.3 is 11.1 Å². The van der Waals surface area contributed by atoms with Crippen molar-refractivity contribution in [3.8, 4) is 0 Å². The highest BCUT2D eigenvalue weighted by Crippen LogP contribution is 2.19. The van der Waals surface area contributed by atoms with Crippen LogP contribution in [0.3, 0.4) is 0 Å². The normalized spacial score (nSPS) is 19.7. The van der Waals surface area contributed by atoms with Crippen LogP contribution in [0.4, 0.5) is 0 Å². The highest BCUT2D eigenvalue weighted by molar-refractivity contribution is 5.92. The van der Waals surface area contributed by atoms with E-state index in [9.17, 15) is 4.79 Å². The Morgan fingerprint density at radius 3 is 2.94 bits per heavy atom. The number of primary amides is 1. The van der Waals surface area contributed by atoms with Crippen molar-refractivity contribution in [3.05, 3.63) is 35.4 Å². The minimum absolute atomic E-state index is 0.140. The Kier molecular flexibility index (Phi) is 3.68. The van der Waals surface area contributed by atoms with E-state index in [0.29, 0.717) is 5.56 Å². The fourth-order valence-corrected chi connectivity index (χ4v) is 2.36. The van der Waals surface area contributed by atoms with E-state index < -0.39 is 0 Å². The summed E-state index contributed by atoms with van der Waals surface area (Å²) in [5, 5.41) is 3.40. The second-order valence-electron chi connectivity index (χ2n) is 5.48. The van der Waals surface area contributed by atoms with Crippen LogP contribution >= 0.6 is 0 Å².